The Morgan fingerprint density at radius 2 is 1.03 bits per heavy atom. The first-order chi connectivity index (χ1) is 29.8. The molecule has 1 saturated heterocycles. The lowest BCUT2D eigenvalue weighted by Crippen LogP contribution is -2.60. The summed E-state index contributed by atoms with van der Waals surface area (Å²) in [5.74, 6) is -0.217. The molecule has 0 spiro atoms. The second-order valence-electron chi connectivity index (χ2n) is 17.2. The third-order valence-corrected chi connectivity index (χ3v) is 11.6. The second-order valence-corrected chi connectivity index (χ2v) is 17.2. The maximum absolute atomic E-state index is 12.9. The zero-order chi connectivity index (χ0) is 44.4. The highest BCUT2D eigenvalue weighted by Gasteiger charge is 2.44. The molecule has 0 aliphatic carbocycles. The van der Waals surface area contributed by atoms with Gasteiger partial charge in [0.1, 0.15) is 24.4 Å². The van der Waals surface area contributed by atoms with Gasteiger partial charge in [-0.25, -0.2) is 0 Å². The van der Waals surface area contributed by atoms with Crippen molar-refractivity contribution >= 4 is 5.91 Å². The Morgan fingerprint density at radius 3 is 1.57 bits per heavy atom. The minimum absolute atomic E-state index is 0.215. The first kappa shape index (κ1) is 56.9. The van der Waals surface area contributed by atoms with Gasteiger partial charge >= 0.3 is 0 Å². The smallest absolute Gasteiger partial charge is 0.220 e. The largest absolute Gasteiger partial charge is 0.394 e. The summed E-state index contributed by atoms with van der Waals surface area (Å²) in [7, 11) is 0. The number of nitrogens with one attached hydrogen (secondary N) is 1. The van der Waals surface area contributed by atoms with Crippen molar-refractivity contribution in [2.75, 3.05) is 13.2 Å². The van der Waals surface area contributed by atoms with Crippen molar-refractivity contribution in [2.45, 2.75) is 249 Å². The molecule has 0 bridgehead atoms. The number of rotatable bonds is 41. The Hall–Kier alpha value is -2.11. The lowest BCUT2D eigenvalue weighted by atomic mass is 9.99. The summed E-state index contributed by atoms with van der Waals surface area (Å²) in [5, 5.41) is 54.2. The van der Waals surface area contributed by atoms with Crippen LogP contribution in [0.1, 0.15) is 206 Å². The molecule has 0 aromatic carbocycles. The van der Waals surface area contributed by atoms with Gasteiger partial charge in [0, 0.05) is 6.42 Å². The van der Waals surface area contributed by atoms with E-state index in [1.165, 1.54) is 122 Å². The van der Waals surface area contributed by atoms with Crippen LogP contribution < -0.4 is 5.32 Å². The van der Waals surface area contributed by atoms with Crippen LogP contribution in [0.15, 0.2) is 60.8 Å². The van der Waals surface area contributed by atoms with Crippen LogP contribution in [0.25, 0.3) is 0 Å². The molecule has 1 amide bonds. The van der Waals surface area contributed by atoms with E-state index in [4.69, 9.17) is 9.47 Å². The first-order valence-corrected chi connectivity index (χ1v) is 25.0. The van der Waals surface area contributed by atoms with Gasteiger partial charge in [0.2, 0.25) is 5.91 Å². The Kier molecular flexibility index (Phi) is 39.1. The fraction of sp³-hybridized carbons (Fsp3) is 0.788. The molecular weight excluding hydrogens is 767 g/mol. The normalized spacial score (nSPS) is 20.9. The van der Waals surface area contributed by atoms with Crippen molar-refractivity contribution in [2.24, 2.45) is 0 Å². The van der Waals surface area contributed by atoms with Crippen LogP contribution in [0, 0.1) is 0 Å². The van der Waals surface area contributed by atoms with Crippen LogP contribution >= 0.6 is 0 Å². The second kappa shape index (κ2) is 41.9. The molecule has 9 heteroatoms. The van der Waals surface area contributed by atoms with Gasteiger partial charge < -0.3 is 40.3 Å². The summed E-state index contributed by atoms with van der Waals surface area (Å²) < 4.78 is 11.2. The quantitative estimate of drug-likeness (QED) is 0.0263. The maximum Gasteiger partial charge on any atom is 0.220 e. The first-order valence-electron chi connectivity index (χ1n) is 25.0. The zero-order valence-electron chi connectivity index (χ0n) is 38.9. The number of allylic oxidation sites excluding steroid dienone is 9. The van der Waals surface area contributed by atoms with Gasteiger partial charge in [-0.2, -0.15) is 0 Å². The number of carbonyl (C=O) groups excluding carboxylic acids is 1. The van der Waals surface area contributed by atoms with E-state index < -0.39 is 49.5 Å². The summed E-state index contributed by atoms with van der Waals surface area (Å²) in [6.07, 6.45) is 48.6. The fourth-order valence-corrected chi connectivity index (χ4v) is 7.60. The van der Waals surface area contributed by atoms with Gasteiger partial charge in [0.05, 0.1) is 25.4 Å². The molecule has 0 aromatic rings. The minimum atomic E-state index is -1.58. The van der Waals surface area contributed by atoms with Gasteiger partial charge in [0.15, 0.2) is 6.29 Å². The number of ether oxygens (including phenoxy) is 2. The third kappa shape index (κ3) is 32.2. The molecule has 61 heavy (non-hydrogen) atoms. The lowest BCUT2D eigenvalue weighted by Gasteiger charge is -2.40. The van der Waals surface area contributed by atoms with E-state index in [0.29, 0.717) is 12.8 Å². The maximum atomic E-state index is 12.9. The van der Waals surface area contributed by atoms with Gasteiger partial charge in [-0.3, -0.25) is 4.79 Å². The molecule has 354 valence electrons. The van der Waals surface area contributed by atoms with E-state index in [1.807, 2.05) is 6.08 Å². The number of amides is 1. The van der Waals surface area contributed by atoms with Crippen LogP contribution in [0.5, 0.6) is 0 Å². The summed E-state index contributed by atoms with van der Waals surface area (Å²) in [6.45, 7) is 3.62. The molecule has 1 rings (SSSR count). The predicted molar refractivity (Wildman–Crippen MR) is 253 cm³/mol. The van der Waals surface area contributed by atoms with Gasteiger partial charge in [0.25, 0.3) is 0 Å². The van der Waals surface area contributed by atoms with E-state index >= 15 is 0 Å². The molecule has 1 aliphatic rings. The summed E-state index contributed by atoms with van der Waals surface area (Å²) >= 11 is 0. The molecule has 1 heterocycles. The minimum Gasteiger partial charge on any atom is -0.394 e. The molecule has 0 radical (unpaired) electrons. The van der Waals surface area contributed by atoms with Crippen LogP contribution in [-0.4, -0.2) is 87.5 Å². The molecule has 0 saturated carbocycles. The van der Waals surface area contributed by atoms with Gasteiger partial charge in [-0.05, 0) is 64.2 Å². The predicted octanol–water partition coefficient (Wildman–Crippen LogP) is 11.2. The standard InChI is InChI=1S/C52H93NO8/c1-3-5-7-9-11-13-15-17-18-19-20-21-22-23-24-25-26-27-28-30-31-33-35-37-39-41-46(55)45(44-60-52-51(59)50(58)49(57)47(43-54)61-52)53-48(56)42-40-38-36-34-32-29-16-14-12-10-8-6-4-2/h6,8,12,14,29,31-33,39,41,45-47,49-52,54-55,57-59H,3-5,7,9-11,13,15-28,30,34-38,40,42-44H2,1-2H3,(H,53,56)/b8-6-,14-12-,32-29-,33-31+,41-39+. The van der Waals surface area contributed by atoms with Crippen LogP contribution in [0.3, 0.4) is 0 Å². The number of hydrogen-bond acceptors (Lipinski definition) is 8. The Bertz CT molecular complexity index is 1140. The van der Waals surface area contributed by atoms with Crippen molar-refractivity contribution in [1.82, 2.24) is 5.32 Å². The highest BCUT2D eigenvalue weighted by atomic mass is 16.7. The number of unbranched alkanes of at least 4 members (excludes halogenated alkanes) is 23. The van der Waals surface area contributed by atoms with Crippen LogP contribution in [-0.2, 0) is 14.3 Å². The lowest BCUT2D eigenvalue weighted by molar-refractivity contribution is -0.302. The van der Waals surface area contributed by atoms with Crippen LogP contribution in [0.4, 0.5) is 0 Å². The van der Waals surface area contributed by atoms with E-state index in [1.54, 1.807) is 6.08 Å². The van der Waals surface area contributed by atoms with E-state index in [0.717, 1.165) is 57.8 Å². The van der Waals surface area contributed by atoms with Crippen LogP contribution in [0.2, 0.25) is 0 Å². The fourth-order valence-electron chi connectivity index (χ4n) is 7.60. The zero-order valence-corrected chi connectivity index (χ0v) is 38.9. The summed E-state index contributed by atoms with van der Waals surface area (Å²) in [6, 6.07) is -0.838. The Labute approximate surface area is 373 Å². The highest BCUT2D eigenvalue weighted by molar-refractivity contribution is 5.76. The molecule has 6 N–H and O–H groups in total. The van der Waals surface area contributed by atoms with E-state index in [9.17, 15) is 30.3 Å². The SMILES string of the molecule is CC/C=C\C/C=C\C/C=C\CCCCCC(=O)NC(COC1OC(CO)C(O)C(O)C1O)C(O)/C=C/CC/C=C/CCCCCCCCCCCCCCCCCCCCC. The Morgan fingerprint density at radius 1 is 0.574 bits per heavy atom. The monoisotopic (exact) mass is 860 g/mol. The summed E-state index contributed by atoms with van der Waals surface area (Å²) in [5.41, 5.74) is 0. The van der Waals surface area contributed by atoms with Crippen molar-refractivity contribution in [3.8, 4) is 0 Å². The number of carbonyl (C=O) groups is 1. The Balaban J connectivity index is 2.30. The van der Waals surface area contributed by atoms with Crippen molar-refractivity contribution in [3.63, 3.8) is 0 Å². The highest BCUT2D eigenvalue weighted by Crippen LogP contribution is 2.22. The van der Waals surface area contributed by atoms with Crippen molar-refractivity contribution in [1.29, 1.82) is 0 Å². The van der Waals surface area contributed by atoms with Gasteiger partial charge in [-0.15, -0.1) is 0 Å². The number of aliphatic hydroxyl groups is 5. The molecule has 7 unspecified atom stereocenters. The van der Waals surface area contributed by atoms with E-state index in [-0.39, 0.29) is 12.5 Å². The molecule has 1 fully saturated rings. The number of hydrogen-bond donors (Lipinski definition) is 6. The topological polar surface area (TPSA) is 149 Å². The molecule has 0 aromatic heterocycles. The average molecular weight is 860 g/mol. The van der Waals surface area contributed by atoms with Crippen molar-refractivity contribution < 1.29 is 39.8 Å². The molecule has 1 aliphatic heterocycles. The molecule has 7 atom stereocenters. The van der Waals surface area contributed by atoms with E-state index in [2.05, 4.69) is 67.8 Å². The average Bonchev–Trinajstić information content (AvgIpc) is 3.26. The van der Waals surface area contributed by atoms with Crippen molar-refractivity contribution in [3.05, 3.63) is 60.8 Å². The van der Waals surface area contributed by atoms with Gasteiger partial charge in [-0.1, -0.05) is 197 Å². The number of aliphatic hydroxyl groups excluding tert-OH is 5. The third-order valence-electron chi connectivity index (χ3n) is 11.6. The molecule has 9 nitrogen and oxygen atoms in total. The summed E-state index contributed by atoms with van der Waals surface area (Å²) in [4.78, 5) is 12.9. The molecular formula is C52H93NO8.